The summed E-state index contributed by atoms with van der Waals surface area (Å²) in [5.41, 5.74) is 0. The van der Waals surface area contributed by atoms with Crippen LogP contribution < -0.4 is 0 Å². The van der Waals surface area contributed by atoms with Gasteiger partial charge in [-0.25, -0.2) is 0 Å². The molecule has 6 nitrogen and oxygen atoms in total. The SMILES string of the molecule is O=S(=O)(O)c1ccc2ccccc2c1S(=O)(=O)O.[Ca+2].[H-].[H-]. The molecular formula is C10H10CaO6S2. The largest absolute Gasteiger partial charge is 2.00 e. The maximum absolute atomic E-state index is 11.3. The fourth-order valence-electron chi connectivity index (χ4n) is 1.69. The molecule has 0 amide bonds. The zero-order valence-electron chi connectivity index (χ0n) is 11.5. The van der Waals surface area contributed by atoms with Gasteiger partial charge in [-0.1, -0.05) is 30.3 Å². The molecule has 100 valence electrons. The van der Waals surface area contributed by atoms with Gasteiger partial charge in [0.2, 0.25) is 0 Å². The molecule has 0 spiro atoms. The van der Waals surface area contributed by atoms with Crippen molar-refractivity contribution in [2.45, 2.75) is 9.79 Å². The van der Waals surface area contributed by atoms with E-state index in [4.69, 9.17) is 9.11 Å². The first-order valence-corrected chi connectivity index (χ1v) is 7.56. The Labute approximate surface area is 142 Å². The Bertz CT molecular complexity index is 836. The van der Waals surface area contributed by atoms with E-state index in [1.807, 2.05) is 0 Å². The van der Waals surface area contributed by atoms with Gasteiger partial charge in [-0.15, -0.1) is 0 Å². The Morgan fingerprint density at radius 3 is 1.95 bits per heavy atom. The van der Waals surface area contributed by atoms with E-state index >= 15 is 0 Å². The van der Waals surface area contributed by atoms with E-state index in [1.165, 1.54) is 18.2 Å². The third kappa shape index (κ3) is 3.46. The summed E-state index contributed by atoms with van der Waals surface area (Å²) in [6.45, 7) is 0. The van der Waals surface area contributed by atoms with Crippen LogP contribution in [0.25, 0.3) is 10.8 Å². The number of hydrogen-bond donors (Lipinski definition) is 2. The van der Waals surface area contributed by atoms with Crippen molar-refractivity contribution in [3.63, 3.8) is 0 Å². The van der Waals surface area contributed by atoms with Crippen LogP contribution in [-0.2, 0) is 20.2 Å². The average Bonchev–Trinajstić information content (AvgIpc) is 2.24. The van der Waals surface area contributed by atoms with Crippen molar-refractivity contribution in [3.05, 3.63) is 36.4 Å². The molecule has 2 aromatic carbocycles. The van der Waals surface area contributed by atoms with Gasteiger partial charge in [0.15, 0.2) is 0 Å². The molecule has 2 N–H and O–H groups in total. The standard InChI is InChI=1S/C10H8O6S2.Ca.2H/c11-17(12,13)9-6-5-7-3-1-2-4-8(7)10(9)18(14,15)16;;;/h1-6H,(H,11,12,13)(H,14,15,16);;;/q;+2;2*-1. The van der Waals surface area contributed by atoms with Crippen LogP contribution >= 0.6 is 0 Å². The minimum atomic E-state index is -4.78. The molecule has 0 fully saturated rings. The second-order valence-corrected chi connectivity index (χ2v) is 6.31. The number of fused-ring (bicyclic) bond motifs is 1. The summed E-state index contributed by atoms with van der Waals surface area (Å²) >= 11 is 0. The second kappa shape index (κ2) is 5.64. The van der Waals surface area contributed by atoms with E-state index in [1.54, 1.807) is 12.1 Å². The molecule has 0 radical (unpaired) electrons. The molecule has 0 aliphatic heterocycles. The molecule has 0 aliphatic rings. The molecule has 2 aromatic rings. The summed E-state index contributed by atoms with van der Waals surface area (Å²) < 4.78 is 63.0. The van der Waals surface area contributed by atoms with Crippen LogP contribution in [0.1, 0.15) is 2.85 Å². The molecule has 2 rings (SSSR count). The van der Waals surface area contributed by atoms with Crippen molar-refractivity contribution in [1.82, 2.24) is 0 Å². The van der Waals surface area contributed by atoms with Gasteiger partial charge in [0, 0.05) is 5.39 Å². The van der Waals surface area contributed by atoms with E-state index in [0.29, 0.717) is 5.39 Å². The smallest absolute Gasteiger partial charge is 1.00 e. The Morgan fingerprint density at radius 1 is 0.842 bits per heavy atom. The average molecular weight is 330 g/mol. The topological polar surface area (TPSA) is 109 Å². The Balaban J connectivity index is 0. The van der Waals surface area contributed by atoms with Crippen molar-refractivity contribution < 1.29 is 28.8 Å². The van der Waals surface area contributed by atoms with Crippen LogP contribution in [0.5, 0.6) is 0 Å². The van der Waals surface area contributed by atoms with Crippen LogP contribution in [0.4, 0.5) is 0 Å². The van der Waals surface area contributed by atoms with Crippen LogP contribution in [0.2, 0.25) is 0 Å². The Hall–Kier alpha value is -0.220. The van der Waals surface area contributed by atoms with Gasteiger partial charge in [-0.3, -0.25) is 9.11 Å². The second-order valence-electron chi connectivity index (χ2n) is 3.56. The fraction of sp³-hybridized carbons (Fsp3) is 0. The third-order valence-electron chi connectivity index (χ3n) is 2.38. The zero-order valence-corrected chi connectivity index (χ0v) is 13.4. The number of benzene rings is 2. The summed E-state index contributed by atoms with van der Waals surface area (Å²) in [5.74, 6) is 0. The maximum atomic E-state index is 11.3. The van der Waals surface area contributed by atoms with E-state index in [-0.39, 0.29) is 46.0 Å². The van der Waals surface area contributed by atoms with Gasteiger partial charge < -0.3 is 2.85 Å². The van der Waals surface area contributed by atoms with Crippen LogP contribution in [0, 0.1) is 0 Å². The monoisotopic (exact) mass is 330 g/mol. The van der Waals surface area contributed by atoms with Gasteiger partial charge in [0.05, 0.1) is 0 Å². The molecule has 0 heterocycles. The van der Waals surface area contributed by atoms with E-state index in [0.717, 1.165) is 6.07 Å². The fourth-order valence-corrected chi connectivity index (χ4v) is 3.69. The van der Waals surface area contributed by atoms with Crippen molar-refractivity contribution in [2.75, 3.05) is 0 Å². The predicted octanol–water partition coefficient (Wildman–Crippen LogP) is 1.18. The van der Waals surface area contributed by atoms with Gasteiger partial charge in [-0.2, -0.15) is 16.8 Å². The summed E-state index contributed by atoms with van der Waals surface area (Å²) in [7, 11) is -9.53. The molecule has 0 aliphatic carbocycles. The summed E-state index contributed by atoms with van der Waals surface area (Å²) in [5, 5.41) is 0.452. The number of hydrogen-bond acceptors (Lipinski definition) is 4. The summed E-state index contributed by atoms with van der Waals surface area (Å²) in [6, 6.07) is 8.28. The number of rotatable bonds is 2. The summed E-state index contributed by atoms with van der Waals surface area (Å²) in [4.78, 5) is -1.66. The normalized spacial score (nSPS) is 12.1. The molecule has 0 saturated carbocycles. The van der Waals surface area contributed by atoms with Gasteiger partial charge in [0.25, 0.3) is 20.2 Å². The molecule has 0 saturated heterocycles. The molecule has 0 aromatic heterocycles. The summed E-state index contributed by atoms with van der Waals surface area (Å²) in [6.07, 6.45) is 0. The van der Waals surface area contributed by atoms with E-state index in [9.17, 15) is 16.8 Å². The Morgan fingerprint density at radius 2 is 1.42 bits per heavy atom. The van der Waals surface area contributed by atoms with Gasteiger partial charge in [-0.05, 0) is 11.5 Å². The van der Waals surface area contributed by atoms with Crippen molar-refractivity contribution in [2.24, 2.45) is 0 Å². The molecule has 0 bridgehead atoms. The third-order valence-corrected chi connectivity index (χ3v) is 4.36. The van der Waals surface area contributed by atoms with Crippen molar-refractivity contribution in [3.8, 4) is 0 Å². The quantitative estimate of drug-likeness (QED) is 0.632. The zero-order chi connectivity index (χ0) is 13.6. The minimum Gasteiger partial charge on any atom is -1.00 e. The molecule has 19 heavy (non-hydrogen) atoms. The maximum Gasteiger partial charge on any atom is 2.00 e. The first-order valence-electron chi connectivity index (χ1n) is 4.68. The van der Waals surface area contributed by atoms with Crippen molar-refractivity contribution in [1.29, 1.82) is 0 Å². The van der Waals surface area contributed by atoms with Gasteiger partial charge in [0.1, 0.15) is 9.79 Å². The van der Waals surface area contributed by atoms with Crippen molar-refractivity contribution >= 4 is 68.7 Å². The van der Waals surface area contributed by atoms with E-state index < -0.39 is 30.0 Å². The first-order chi connectivity index (χ1) is 8.21. The molecule has 0 unspecified atom stereocenters. The van der Waals surface area contributed by atoms with Crippen LogP contribution in [0.3, 0.4) is 0 Å². The molecule has 0 atom stereocenters. The molecule has 9 heteroatoms. The molecular weight excluding hydrogens is 320 g/mol. The van der Waals surface area contributed by atoms with Gasteiger partial charge >= 0.3 is 37.7 Å². The predicted molar refractivity (Wildman–Crippen MR) is 71.6 cm³/mol. The Kier molecular flexibility index (Phi) is 5.00. The van der Waals surface area contributed by atoms with E-state index in [2.05, 4.69) is 0 Å². The minimum absolute atomic E-state index is 0. The van der Waals surface area contributed by atoms with Crippen LogP contribution in [0.15, 0.2) is 46.2 Å². The first kappa shape index (κ1) is 16.8. The van der Waals surface area contributed by atoms with Crippen LogP contribution in [-0.4, -0.2) is 63.7 Å².